The van der Waals surface area contributed by atoms with Gasteiger partial charge in [0.2, 0.25) is 0 Å². The number of allylic oxidation sites excluding steroid dienone is 6. The van der Waals surface area contributed by atoms with Crippen molar-refractivity contribution in [3.8, 4) is 0 Å². The topological polar surface area (TPSA) is 44.8 Å². The fraction of sp³-hybridized carbons (Fsp3) is 0.645. The molecule has 3 rings (SSSR count). The molecule has 0 spiro atoms. The zero-order chi connectivity index (χ0) is 25.2. The first-order chi connectivity index (χ1) is 16.8. The van der Waals surface area contributed by atoms with Gasteiger partial charge in [-0.05, 0) is 63.9 Å². The highest BCUT2D eigenvalue weighted by Gasteiger charge is 2.32. The first kappa shape index (κ1) is 27.7. The van der Waals surface area contributed by atoms with E-state index in [2.05, 4.69) is 52.5 Å². The Labute approximate surface area is 213 Å². The quantitative estimate of drug-likeness (QED) is 0.238. The largest absolute Gasteiger partial charge is 0.457 e. The summed E-state index contributed by atoms with van der Waals surface area (Å²) in [6.07, 6.45) is 22.9. The van der Waals surface area contributed by atoms with Crippen molar-refractivity contribution in [1.82, 2.24) is 0 Å². The van der Waals surface area contributed by atoms with E-state index in [9.17, 15) is 4.79 Å². The van der Waals surface area contributed by atoms with Crippen molar-refractivity contribution in [3.05, 3.63) is 60.3 Å². The van der Waals surface area contributed by atoms with E-state index in [1.54, 1.807) is 0 Å². The van der Waals surface area contributed by atoms with Crippen LogP contribution < -0.4 is 0 Å². The molecule has 3 aliphatic heterocycles. The van der Waals surface area contributed by atoms with Crippen LogP contribution in [0, 0.1) is 11.8 Å². The number of fused-ring (bicyclic) bond motifs is 4. The van der Waals surface area contributed by atoms with Gasteiger partial charge in [0.15, 0.2) is 0 Å². The third-order valence-corrected chi connectivity index (χ3v) is 7.40. The average molecular weight is 483 g/mol. The van der Waals surface area contributed by atoms with Crippen LogP contribution >= 0.6 is 0 Å². The highest BCUT2D eigenvalue weighted by Crippen LogP contribution is 2.33. The van der Waals surface area contributed by atoms with E-state index in [4.69, 9.17) is 14.2 Å². The summed E-state index contributed by atoms with van der Waals surface area (Å²) < 4.78 is 18.8. The van der Waals surface area contributed by atoms with Gasteiger partial charge in [-0.1, -0.05) is 75.0 Å². The Morgan fingerprint density at radius 1 is 0.971 bits per heavy atom. The SMILES string of the molecule is C=C1CC2CC(=O)OC(/C=C/C=C\C=C(/C)CC)[C@@H](C)/C=C/[C@H](C)C[C@H]3CCCC(CC(C1)O2)O3. The summed E-state index contributed by atoms with van der Waals surface area (Å²) >= 11 is 0. The lowest BCUT2D eigenvalue weighted by Gasteiger charge is -2.37. The smallest absolute Gasteiger partial charge is 0.309 e. The molecule has 194 valence electrons. The molecular weight excluding hydrogens is 436 g/mol. The van der Waals surface area contributed by atoms with Gasteiger partial charge in [0, 0.05) is 12.3 Å². The minimum absolute atomic E-state index is 0.0712. The lowest BCUT2D eigenvalue weighted by Crippen LogP contribution is -2.37. The van der Waals surface area contributed by atoms with Gasteiger partial charge in [-0.2, -0.15) is 0 Å². The second-order valence-electron chi connectivity index (χ2n) is 10.8. The van der Waals surface area contributed by atoms with E-state index in [1.165, 1.54) is 12.0 Å². The number of carbonyl (C=O) groups is 1. The van der Waals surface area contributed by atoms with Gasteiger partial charge in [-0.3, -0.25) is 4.79 Å². The molecule has 0 aliphatic carbocycles. The monoisotopic (exact) mass is 482 g/mol. The molecule has 3 heterocycles. The van der Waals surface area contributed by atoms with Crippen LogP contribution in [0.25, 0.3) is 0 Å². The summed E-state index contributed by atoms with van der Waals surface area (Å²) in [5.74, 6) is 0.270. The average Bonchev–Trinajstić information content (AvgIpc) is 2.80. The molecule has 35 heavy (non-hydrogen) atoms. The molecule has 2 fully saturated rings. The molecule has 2 saturated heterocycles. The molecule has 0 N–H and O–H groups in total. The normalized spacial score (nSPS) is 36.9. The lowest BCUT2D eigenvalue weighted by molar-refractivity contribution is -0.154. The summed E-state index contributed by atoms with van der Waals surface area (Å²) in [6, 6.07) is 0. The van der Waals surface area contributed by atoms with Crippen molar-refractivity contribution >= 4 is 5.97 Å². The molecule has 4 heteroatoms. The molecule has 4 unspecified atom stereocenters. The van der Waals surface area contributed by atoms with E-state index in [0.29, 0.717) is 12.0 Å². The number of carbonyl (C=O) groups excluding carboxylic acids is 1. The molecule has 0 saturated carbocycles. The third-order valence-electron chi connectivity index (χ3n) is 7.40. The molecule has 0 radical (unpaired) electrons. The maximum Gasteiger partial charge on any atom is 0.309 e. The predicted molar refractivity (Wildman–Crippen MR) is 143 cm³/mol. The highest BCUT2D eigenvalue weighted by atomic mass is 16.5. The van der Waals surface area contributed by atoms with Crippen molar-refractivity contribution in [1.29, 1.82) is 0 Å². The summed E-state index contributed by atoms with van der Waals surface area (Å²) in [7, 11) is 0. The second kappa shape index (κ2) is 14.0. The van der Waals surface area contributed by atoms with E-state index in [1.807, 2.05) is 24.3 Å². The maximum absolute atomic E-state index is 13.0. The van der Waals surface area contributed by atoms with Crippen molar-refractivity contribution in [2.24, 2.45) is 11.8 Å². The minimum Gasteiger partial charge on any atom is -0.457 e. The van der Waals surface area contributed by atoms with Crippen LogP contribution in [0.4, 0.5) is 0 Å². The van der Waals surface area contributed by atoms with Gasteiger partial charge >= 0.3 is 5.97 Å². The maximum atomic E-state index is 13.0. The molecule has 0 aromatic heterocycles. The van der Waals surface area contributed by atoms with Crippen LogP contribution in [0.15, 0.2) is 60.3 Å². The molecule has 4 nitrogen and oxygen atoms in total. The van der Waals surface area contributed by atoms with Crippen LogP contribution in [-0.4, -0.2) is 36.5 Å². The number of rotatable bonds is 4. The number of cyclic esters (lactones) is 1. The van der Waals surface area contributed by atoms with Gasteiger partial charge in [-0.25, -0.2) is 0 Å². The molecule has 0 aromatic carbocycles. The van der Waals surface area contributed by atoms with E-state index in [-0.39, 0.29) is 42.7 Å². The van der Waals surface area contributed by atoms with Crippen LogP contribution in [0.2, 0.25) is 0 Å². The lowest BCUT2D eigenvalue weighted by atomic mass is 9.90. The fourth-order valence-electron chi connectivity index (χ4n) is 5.23. The van der Waals surface area contributed by atoms with Crippen LogP contribution in [0.3, 0.4) is 0 Å². The summed E-state index contributed by atoms with van der Waals surface area (Å²) in [4.78, 5) is 13.0. The van der Waals surface area contributed by atoms with E-state index in [0.717, 1.165) is 50.5 Å². The number of esters is 1. The molecular formula is C31H46O4. The standard InChI is InChI=1S/C31H46O4/c1-6-22(2)11-8-7-9-14-30-25(5)16-15-23(3)17-26-12-10-13-27(33-26)20-28-18-24(4)19-29(34-28)21-31(32)35-30/h7-9,11,14-16,23,25-30H,4,6,10,12-13,17-21H2,1-3,5H3/b8-7-,14-9+,16-15+,22-11+/t23-,25-,26+,27?,28?,29?,30?/m0/s1. The zero-order valence-corrected chi connectivity index (χ0v) is 22.3. The predicted octanol–water partition coefficient (Wildman–Crippen LogP) is 7.42. The summed E-state index contributed by atoms with van der Waals surface area (Å²) in [5, 5.41) is 0. The number of hydrogen-bond donors (Lipinski definition) is 0. The van der Waals surface area contributed by atoms with Crippen molar-refractivity contribution in [2.45, 2.75) is 116 Å². The Morgan fingerprint density at radius 2 is 1.69 bits per heavy atom. The summed E-state index contributed by atoms with van der Waals surface area (Å²) in [6.45, 7) is 12.9. The van der Waals surface area contributed by atoms with Crippen molar-refractivity contribution in [2.75, 3.05) is 0 Å². The molecule has 0 amide bonds. The van der Waals surface area contributed by atoms with Gasteiger partial charge in [-0.15, -0.1) is 0 Å². The minimum atomic E-state index is -0.322. The van der Waals surface area contributed by atoms with Gasteiger partial charge < -0.3 is 14.2 Å². The van der Waals surface area contributed by atoms with E-state index < -0.39 is 0 Å². The Kier molecular flexibility index (Phi) is 11.1. The Hall–Kier alpha value is -1.91. The second-order valence-corrected chi connectivity index (χ2v) is 10.8. The zero-order valence-electron chi connectivity index (χ0n) is 22.3. The highest BCUT2D eigenvalue weighted by molar-refractivity contribution is 5.70. The summed E-state index contributed by atoms with van der Waals surface area (Å²) in [5.41, 5.74) is 2.49. The Bertz CT molecular complexity index is 820. The Morgan fingerprint density at radius 3 is 2.46 bits per heavy atom. The van der Waals surface area contributed by atoms with Crippen molar-refractivity contribution in [3.63, 3.8) is 0 Å². The van der Waals surface area contributed by atoms with Crippen LogP contribution in [0.5, 0.6) is 0 Å². The Balaban J connectivity index is 1.76. The number of hydrogen-bond acceptors (Lipinski definition) is 4. The fourth-order valence-corrected chi connectivity index (χ4v) is 5.23. The molecule has 0 aromatic rings. The van der Waals surface area contributed by atoms with Crippen molar-refractivity contribution < 1.29 is 19.0 Å². The molecule has 4 bridgehead atoms. The first-order valence-electron chi connectivity index (χ1n) is 13.7. The van der Waals surface area contributed by atoms with Crippen LogP contribution in [0.1, 0.15) is 85.5 Å². The first-order valence-corrected chi connectivity index (χ1v) is 13.7. The molecule has 7 atom stereocenters. The van der Waals surface area contributed by atoms with Crippen LogP contribution in [-0.2, 0) is 19.0 Å². The third kappa shape index (κ3) is 9.57. The van der Waals surface area contributed by atoms with E-state index >= 15 is 0 Å². The van der Waals surface area contributed by atoms with Gasteiger partial charge in [0.05, 0.1) is 30.8 Å². The van der Waals surface area contributed by atoms with Gasteiger partial charge in [0.25, 0.3) is 0 Å². The number of ether oxygens (including phenoxy) is 3. The van der Waals surface area contributed by atoms with Gasteiger partial charge in [0.1, 0.15) is 6.10 Å². The molecule has 3 aliphatic rings.